The summed E-state index contributed by atoms with van der Waals surface area (Å²) in [6, 6.07) is 9.85. The third-order valence-electron chi connectivity index (χ3n) is 5.48. The molecular weight excluding hydrogens is 244 g/mol. The van der Waals surface area contributed by atoms with E-state index < -0.39 is 0 Å². The van der Waals surface area contributed by atoms with Crippen molar-refractivity contribution in [2.24, 2.45) is 5.41 Å². The minimum atomic E-state index is 0.503. The van der Waals surface area contributed by atoms with Crippen molar-refractivity contribution in [1.82, 2.24) is 10.2 Å². The van der Waals surface area contributed by atoms with E-state index in [1.54, 1.807) is 5.56 Å². The van der Waals surface area contributed by atoms with E-state index in [1.165, 1.54) is 38.0 Å². The van der Waals surface area contributed by atoms with Gasteiger partial charge in [0.25, 0.3) is 0 Å². The minimum Gasteiger partial charge on any atom is -0.316 e. The molecule has 2 heteroatoms. The summed E-state index contributed by atoms with van der Waals surface area (Å²) in [6.07, 6.45) is 2.69. The zero-order valence-corrected chi connectivity index (χ0v) is 13.2. The third kappa shape index (κ3) is 2.51. The summed E-state index contributed by atoms with van der Waals surface area (Å²) in [6.45, 7) is 11.8. The Morgan fingerprint density at radius 3 is 2.85 bits per heavy atom. The summed E-state index contributed by atoms with van der Waals surface area (Å²) in [5.74, 6) is 0.680. The number of nitrogens with zero attached hydrogens (tertiary/aromatic N) is 1. The van der Waals surface area contributed by atoms with Crippen LogP contribution in [-0.2, 0) is 0 Å². The highest BCUT2D eigenvalue weighted by atomic mass is 15.2. The topological polar surface area (TPSA) is 15.3 Å². The molecule has 1 spiro atoms. The van der Waals surface area contributed by atoms with Crippen molar-refractivity contribution in [3.05, 3.63) is 35.4 Å². The first-order valence-corrected chi connectivity index (χ1v) is 8.12. The van der Waals surface area contributed by atoms with Gasteiger partial charge in [-0.2, -0.15) is 0 Å². The summed E-state index contributed by atoms with van der Waals surface area (Å²) in [4.78, 5) is 2.67. The molecule has 0 bridgehead atoms. The van der Waals surface area contributed by atoms with Gasteiger partial charge in [-0.15, -0.1) is 0 Å². The zero-order valence-electron chi connectivity index (χ0n) is 13.2. The minimum absolute atomic E-state index is 0.503. The van der Waals surface area contributed by atoms with Crippen LogP contribution in [0.15, 0.2) is 24.3 Å². The molecule has 2 nitrogen and oxygen atoms in total. The average molecular weight is 272 g/mol. The molecule has 0 saturated carbocycles. The molecule has 1 aromatic rings. The van der Waals surface area contributed by atoms with E-state index in [-0.39, 0.29) is 0 Å². The summed E-state index contributed by atoms with van der Waals surface area (Å²) in [5, 5.41) is 3.63. The molecule has 2 aliphatic rings. The van der Waals surface area contributed by atoms with Crippen LogP contribution in [0, 0.1) is 12.3 Å². The van der Waals surface area contributed by atoms with Crippen LogP contribution in [0.25, 0.3) is 0 Å². The third-order valence-corrected chi connectivity index (χ3v) is 5.48. The Hall–Kier alpha value is -0.860. The number of hydrogen-bond acceptors (Lipinski definition) is 2. The second-order valence-electron chi connectivity index (χ2n) is 7.10. The highest BCUT2D eigenvalue weighted by molar-refractivity contribution is 5.29. The fourth-order valence-corrected chi connectivity index (χ4v) is 4.19. The predicted molar refractivity (Wildman–Crippen MR) is 85.2 cm³/mol. The highest BCUT2D eigenvalue weighted by Gasteiger charge is 2.46. The second kappa shape index (κ2) is 5.50. The van der Waals surface area contributed by atoms with Crippen LogP contribution < -0.4 is 5.32 Å². The van der Waals surface area contributed by atoms with Gasteiger partial charge < -0.3 is 10.2 Å². The summed E-state index contributed by atoms with van der Waals surface area (Å²) < 4.78 is 0. The Kier molecular flexibility index (Phi) is 3.87. The smallest absolute Gasteiger partial charge is 0.00480 e. The molecule has 2 fully saturated rings. The maximum Gasteiger partial charge on any atom is 0.00480 e. The van der Waals surface area contributed by atoms with Gasteiger partial charge in [-0.1, -0.05) is 29.8 Å². The number of benzene rings is 1. The predicted octanol–water partition coefficient (Wildman–Crippen LogP) is 3.17. The van der Waals surface area contributed by atoms with Gasteiger partial charge in [-0.3, -0.25) is 0 Å². The van der Waals surface area contributed by atoms with Crippen LogP contribution in [0.4, 0.5) is 0 Å². The summed E-state index contributed by atoms with van der Waals surface area (Å²) in [5.41, 5.74) is 3.44. The number of rotatable bonds is 2. The first-order valence-electron chi connectivity index (χ1n) is 8.12. The van der Waals surface area contributed by atoms with Gasteiger partial charge in [0.1, 0.15) is 0 Å². The fourth-order valence-electron chi connectivity index (χ4n) is 4.19. The van der Waals surface area contributed by atoms with Gasteiger partial charge in [0.2, 0.25) is 0 Å². The molecule has 1 N–H and O–H groups in total. The number of hydrogen-bond donors (Lipinski definition) is 1. The van der Waals surface area contributed by atoms with E-state index in [0.29, 0.717) is 17.4 Å². The van der Waals surface area contributed by atoms with Crippen LogP contribution in [-0.4, -0.2) is 37.1 Å². The van der Waals surface area contributed by atoms with Crippen molar-refractivity contribution < 1.29 is 0 Å². The SMILES string of the molecule is Cc1cccc(C2CNCCC23CCN(C(C)C)C3)c1. The molecule has 0 radical (unpaired) electrons. The van der Waals surface area contributed by atoms with Gasteiger partial charge >= 0.3 is 0 Å². The number of aryl methyl sites for hydroxylation is 1. The standard InChI is InChI=1S/C18H28N2/c1-14(2)20-10-8-18(13-20)7-9-19-12-17(18)16-6-4-5-15(3)11-16/h4-6,11,14,17,19H,7-10,12-13H2,1-3H3. The molecule has 0 aromatic heterocycles. The van der Waals surface area contributed by atoms with Crippen molar-refractivity contribution in [3.63, 3.8) is 0 Å². The monoisotopic (exact) mass is 272 g/mol. The van der Waals surface area contributed by atoms with Gasteiger partial charge in [-0.05, 0) is 57.7 Å². The molecule has 3 rings (SSSR count). The van der Waals surface area contributed by atoms with Crippen LogP contribution in [0.3, 0.4) is 0 Å². The van der Waals surface area contributed by atoms with Crippen molar-refractivity contribution in [2.45, 2.75) is 45.6 Å². The average Bonchev–Trinajstić information content (AvgIpc) is 2.84. The number of piperidine rings is 1. The van der Waals surface area contributed by atoms with Crippen LogP contribution >= 0.6 is 0 Å². The first-order chi connectivity index (χ1) is 9.61. The lowest BCUT2D eigenvalue weighted by atomic mass is 9.67. The first kappa shape index (κ1) is 14.1. The van der Waals surface area contributed by atoms with E-state index in [9.17, 15) is 0 Å². The molecule has 110 valence electrons. The Labute approximate surface area is 123 Å². The quantitative estimate of drug-likeness (QED) is 0.889. The van der Waals surface area contributed by atoms with E-state index >= 15 is 0 Å². The van der Waals surface area contributed by atoms with Crippen LogP contribution in [0.5, 0.6) is 0 Å². The van der Waals surface area contributed by atoms with E-state index in [4.69, 9.17) is 0 Å². The number of nitrogens with one attached hydrogen (secondary N) is 1. The summed E-state index contributed by atoms with van der Waals surface area (Å²) in [7, 11) is 0. The Morgan fingerprint density at radius 1 is 1.30 bits per heavy atom. The van der Waals surface area contributed by atoms with Gasteiger partial charge in [-0.25, -0.2) is 0 Å². The van der Waals surface area contributed by atoms with Crippen molar-refractivity contribution in [3.8, 4) is 0 Å². The maximum absolute atomic E-state index is 3.63. The van der Waals surface area contributed by atoms with Gasteiger partial charge in [0.05, 0.1) is 0 Å². The Morgan fingerprint density at radius 2 is 2.15 bits per heavy atom. The Bertz CT molecular complexity index is 468. The second-order valence-corrected chi connectivity index (χ2v) is 7.10. The highest BCUT2D eigenvalue weighted by Crippen LogP contribution is 2.48. The van der Waals surface area contributed by atoms with E-state index in [2.05, 4.69) is 55.3 Å². The van der Waals surface area contributed by atoms with Crippen molar-refractivity contribution >= 4 is 0 Å². The van der Waals surface area contributed by atoms with Crippen LogP contribution in [0.2, 0.25) is 0 Å². The molecule has 2 aliphatic heterocycles. The molecular formula is C18H28N2. The molecule has 20 heavy (non-hydrogen) atoms. The fraction of sp³-hybridized carbons (Fsp3) is 0.667. The Balaban J connectivity index is 1.88. The lowest BCUT2D eigenvalue weighted by Crippen LogP contribution is -2.45. The van der Waals surface area contributed by atoms with E-state index in [0.717, 1.165) is 6.54 Å². The largest absolute Gasteiger partial charge is 0.316 e. The zero-order chi connectivity index (χ0) is 14.2. The van der Waals surface area contributed by atoms with Crippen molar-refractivity contribution in [2.75, 3.05) is 26.2 Å². The van der Waals surface area contributed by atoms with Crippen molar-refractivity contribution in [1.29, 1.82) is 0 Å². The summed E-state index contributed by atoms with van der Waals surface area (Å²) >= 11 is 0. The lowest BCUT2D eigenvalue weighted by Gasteiger charge is -2.42. The van der Waals surface area contributed by atoms with Crippen LogP contribution in [0.1, 0.15) is 43.7 Å². The lowest BCUT2D eigenvalue weighted by molar-refractivity contribution is 0.152. The molecule has 0 aliphatic carbocycles. The molecule has 0 amide bonds. The van der Waals surface area contributed by atoms with E-state index in [1.807, 2.05) is 0 Å². The molecule has 2 unspecified atom stereocenters. The molecule has 2 saturated heterocycles. The van der Waals surface area contributed by atoms with Gasteiger partial charge in [0.15, 0.2) is 0 Å². The molecule has 1 aromatic carbocycles. The van der Waals surface area contributed by atoms with Gasteiger partial charge in [0, 0.05) is 25.0 Å². The molecule has 2 atom stereocenters. The number of likely N-dealkylation sites (tertiary alicyclic amines) is 1. The maximum atomic E-state index is 3.63. The normalized spacial score (nSPS) is 31.3. The molecule has 2 heterocycles.